The van der Waals surface area contributed by atoms with Gasteiger partial charge < -0.3 is 9.97 Å². The first-order valence-electron chi connectivity index (χ1n) is 9.18. The maximum Gasteiger partial charge on any atom is 0.0824 e. The molecule has 3 nitrogen and oxygen atoms in total. The van der Waals surface area contributed by atoms with Crippen molar-refractivity contribution >= 4 is 55.0 Å². The van der Waals surface area contributed by atoms with Crippen LogP contribution in [-0.2, 0) is 0 Å². The van der Waals surface area contributed by atoms with E-state index < -0.39 is 0 Å². The molecule has 0 fully saturated rings. The molecule has 2 aromatic heterocycles. The average Bonchev–Trinajstić information content (AvgIpc) is 3.38. The molecular formula is C24H14N3. The number of rotatable bonds is 0. The van der Waals surface area contributed by atoms with Gasteiger partial charge in [-0.15, -0.1) is 0 Å². The number of aromatic nitrogens is 2. The van der Waals surface area contributed by atoms with Crippen LogP contribution >= 0.6 is 0 Å². The van der Waals surface area contributed by atoms with Gasteiger partial charge in [0.1, 0.15) is 0 Å². The molecule has 1 aliphatic rings. The van der Waals surface area contributed by atoms with E-state index in [1.165, 1.54) is 32.7 Å². The lowest BCUT2D eigenvalue weighted by atomic mass is 9.96. The van der Waals surface area contributed by atoms with Crippen molar-refractivity contribution in [2.24, 2.45) is 0 Å². The van der Waals surface area contributed by atoms with Crippen LogP contribution in [0, 0.1) is 0 Å². The fourth-order valence-corrected chi connectivity index (χ4v) is 4.68. The van der Waals surface area contributed by atoms with Gasteiger partial charge in [-0.2, -0.15) is 0 Å². The second kappa shape index (κ2) is 4.51. The van der Waals surface area contributed by atoms with Crippen molar-refractivity contribution in [3.8, 4) is 11.1 Å². The summed E-state index contributed by atoms with van der Waals surface area (Å²) in [6, 6.07) is 25.5. The molecule has 2 N–H and O–H groups in total. The zero-order valence-electron chi connectivity index (χ0n) is 14.4. The molecular weight excluding hydrogens is 330 g/mol. The van der Waals surface area contributed by atoms with Gasteiger partial charge in [0.25, 0.3) is 0 Å². The Kier molecular flexibility index (Phi) is 2.25. The van der Waals surface area contributed by atoms with Crippen LogP contribution in [0.2, 0.25) is 0 Å². The summed E-state index contributed by atoms with van der Waals surface area (Å²) in [5.74, 6) is 0. The Balaban J connectivity index is 1.85. The van der Waals surface area contributed by atoms with Gasteiger partial charge in [-0.25, -0.2) is 5.32 Å². The molecule has 27 heavy (non-hydrogen) atoms. The van der Waals surface area contributed by atoms with Gasteiger partial charge in [-0.05, 0) is 18.2 Å². The quantitative estimate of drug-likeness (QED) is 0.315. The predicted molar refractivity (Wildman–Crippen MR) is 112 cm³/mol. The van der Waals surface area contributed by atoms with Crippen LogP contribution in [0.5, 0.6) is 0 Å². The maximum atomic E-state index is 5.07. The second-order valence-corrected chi connectivity index (χ2v) is 7.19. The minimum Gasteiger partial charge on any atom is -0.353 e. The summed E-state index contributed by atoms with van der Waals surface area (Å²) in [7, 11) is 0. The topological polar surface area (TPSA) is 45.7 Å². The summed E-state index contributed by atoms with van der Waals surface area (Å²) < 4.78 is 0. The molecule has 6 aromatic rings. The zero-order valence-corrected chi connectivity index (χ0v) is 14.4. The lowest BCUT2D eigenvalue weighted by Gasteiger charge is -2.05. The van der Waals surface area contributed by atoms with Crippen molar-refractivity contribution in [1.29, 1.82) is 0 Å². The van der Waals surface area contributed by atoms with E-state index in [1.807, 2.05) is 0 Å². The minimum atomic E-state index is 1.05. The van der Waals surface area contributed by atoms with Gasteiger partial charge in [0.05, 0.1) is 22.4 Å². The number of nitrogens with zero attached hydrogens (tertiary/aromatic N) is 1. The molecule has 4 aromatic carbocycles. The summed E-state index contributed by atoms with van der Waals surface area (Å²) >= 11 is 0. The van der Waals surface area contributed by atoms with Crippen LogP contribution in [0.15, 0.2) is 72.8 Å². The highest BCUT2D eigenvalue weighted by molar-refractivity contribution is 6.32. The molecule has 0 atom stereocenters. The van der Waals surface area contributed by atoms with Gasteiger partial charge in [-0.3, -0.25) is 0 Å². The Hall–Kier alpha value is -3.72. The van der Waals surface area contributed by atoms with Gasteiger partial charge >= 0.3 is 0 Å². The third kappa shape index (κ3) is 1.53. The van der Waals surface area contributed by atoms with Crippen molar-refractivity contribution in [3.05, 3.63) is 72.8 Å². The minimum absolute atomic E-state index is 1.05. The zero-order chi connectivity index (χ0) is 17.5. The largest absolute Gasteiger partial charge is 0.353 e. The van der Waals surface area contributed by atoms with E-state index >= 15 is 0 Å². The standard InChI is InChI=1S/C24H14N3/c1-4-10-16-13(7-1)19-20-14-8-2-5-11-17(14)26-23(20)24-21(22(19)25-16)15-9-3-6-12-18(15)27-24/h1-12,26-27H. The average molecular weight is 344 g/mol. The third-order valence-electron chi connectivity index (χ3n) is 5.79. The Morgan fingerprint density at radius 3 is 1.96 bits per heavy atom. The lowest BCUT2D eigenvalue weighted by Crippen LogP contribution is -1.84. The molecule has 1 aliphatic heterocycles. The predicted octanol–water partition coefficient (Wildman–Crippen LogP) is 6.50. The first-order valence-corrected chi connectivity index (χ1v) is 9.18. The molecule has 125 valence electrons. The van der Waals surface area contributed by atoms with Crippen LogP contribution < -0.4 is 5.32 Å². The summed E-state index contributed by atoms with van der Waals surface area (Å²) in [5, 5.41) is 10.0. The summed E-state index contributed by atoms with van der Waals surface area (Å²) in [5.41, 5.74) is 9.20. The number of nitrogens with one attached hydrogen (secondary N) is 2. The van der Waals surface area contributed by atoms with Crippen LogP contribution in [0.4, 0.5) is 11.4 Å². The number of benzene rings is 4. The molecule has 3 heteroatoms. The molecule has 1 radical (unpaired) electrons. The molecule has 0 spiro atoms. The smallest absolute Gasteiger partial charge is 0.0824 e. The summed E-state index contributed by atoms with van der Waals surface area (Å²) in [4.78, 5) is 7.32. The van der Waals surface area contributed by atoms with Crippen molar-refractivity contribution in [2.45, 2.75) is 0 Å². The molecule has 0 unspecified atom stereocenters. The van der Waals surface area contributed by atoms with E-state index in [9.17, 15) is 0 Å². The first kappa shape index (κ1) is 13.5. The highest BCUT2D eigenvalue weighted by Gasteiger charge is 2.28. The van der Waals surface area contributed by atoms with Crippen LogP contribution in [0.3, 0.4) is 0 Å². The Morgan fingerprint density at radius 2 is 1.19 bits per heavy atom. The monoisotopic (exact) mass is 344 g/mol. The fourth-order valence-electron chi connectivity index (χ4n) is 4.68. The van der Waals surface area contributed by atoms with Crippen LogP contribution in [0.1, 0.15) is 0 Å². The lowest BCUT2D eigenvalue weighted by molar-refractivity contribution is 1.25. The Labute approximate surface area is 154 Å². The van der Waals surface area contributed by atoms with Gasteiger partial charge in [0.15, 0.2) is 0 Å². The number of aromatic amines is 2. The number of H-pyrrole nitrogens is 2. The fraction of sp³-hybridized carbons (Fsp3) is 0. The first-order chi connectivity index (χ1) is 13.4. The normalized spacial score (nSPS) is 12.7. The molecule has 7 rings (SSSR count). The van der Waals surface area contributed by atoms with Crippen molar-refractivity contribution in [3.63, 3.8) is 0 Å². The van der Waals surface area contributed by atoms with Gasteiger partial charge in [0, 0.05) is 43.7 Å². The molecule has 0 amide bonds. The SMILES string of the molecule is c1ccc2c(c1)[N]c1c-2c2c3ccccc3[nH]c2c2[nH]c3ccccc3c12. The molecule has 3 heterocycles. The summed E-state index contributed by atoms with van der Waals surface area (Å²) in [6.45, 7) is 0. The van der Waals surface area contributed by atoms with E-state index in [1.54, 1.807) is 0 Å². The number of para-hydroxylation sites is 3. The number of hydrogen-bond donors (Lipinski definition) is 2. The van der Waals surface area contributed by atoms with E-state index in [0.29, 0.717) is 0 Å². The summed E-state index contributed by atoms with van der Waals surface area (Å²) in [6.07, 6.45) is 0. The van der Waals surface area contributed by atoms with Crippen LogP contribution in [0.25, 0.3) is 54.7 Å². The van der Waals surface area contributed by atoms with E-state index in [2.05, 4.69) is 82.8 Å². The van der Waals surface area contributed by atoms with E-state index in [4.69, 9.17) is 5.32 Å². The number of fused-ring (bicyclic) bond motifs is 12. The Morgan fingerprint density at radius 1 is 0.593 bits per heavy atom. The molecule has 0 saturated heterocycles. The molecule has 0 bridgehead atoms. The van der Waals surface area contributed by atoms with Crippen molar-refractivity contribution in [2.75, 3.05) is 0 Å². The van der Waals surface area contributed by atoms with Crippen molar-refractivity contribution in [1.82, 2.24) is 15.3 Å². The van der Waals surface area contributed by atoms with E-state index in [0.717, 1.165) is 33.4 Å². The highest BCUT2D eigenvalue weighted by atomic mass is 14.9. The van der Waals surface area contributed by atoms with Gasteiger partial charge in [-0.1, -0.05) is 54.6 Å². The van der Waals surface area contributed by atoms with Crippen molar-refractivity contribution < 1.29 is 0 Å². The highest BCUT2D eigenvalue weighted by Crippen LogP contribution is 2.53. The molecule has 0 saturated carbocycles. The molecule has 0 aliphatic carbocycles. The van der Waals surface area contributed by atoms with Crippen LogP contribution in [-0.4, -0.2) is 9.97 Å². The third-order valence-corrected chi connectivity index (χ3v) is 5.79. The van der Waals surface area contributed by atoms with Gasteiger partial charge in [0.2, 0.25) is 0 Å². The number of hydrogen-bond acceptors (Lipinski definition) is 0. The maximum absolute atomic E-state index is 5.07. The van der Waals surface area contributed by atoms with E-state index in [-0.39, 0.29) is 0 Å². The second-order valence-electron chi connectivity index (χ2n) is 7.19. The Bertz CT molecular complexity index is 1550.